The Bertz CT molecular complexity index is 1290. The molecule has 0 aliphatic carbocycles. The van der Waals surface area contributed by atoms with E-state index in [4.69, 9.17) is 4.98 Å². The quantitative estimate of drug-likeness (QED) is 0.118. The van der Waals surface area contributed by atoms with Gasteiger partial charge in [-0.15, -0.1) is 0 Å². The van der Waals surface area contributed by atoms with Crippen molar-refractivity contribution in [1.82, 2.24) is 9.55 Å². The van der Waals surface area contributed by atoms with Crippen LogP contribution in [0.5, 0.6) is 0 Å². The molecule has 0 aliphatic heterocycles. The number of halogens is 1. The largest absolute Gasteiger partial charge is 0.294 e. The van der Waals surface area contributed by atoms with Gasteiger partial charge in [-0.1, -0.05) is 88.4 Å². The summed E-state index contributed by atoms with van der Waals surface area (Å²) in [6, 6.07) is 24.7. The van der Waals surface area contributed by atoms with Gasteiger partial charge in [0.05, 0.1) is 16.9 Å². The average molecular weight is 507 g/mol. The van der Waals surface area contributed by atoms with E-state index in [1.165, 1.54) is 11.8 Å². The Morgan fingerprint density at radius 1 is 1.03 bits per heavy atom. The van der Waals surface area contributed by atoms with Crippen molar-refractivity contribution in [2.75, 3.05) is 5.75 Å². The Kier molecular flexibility index (Phi) is 7.22. The number of carbonyl (C=O) groups excluding carboxylic acids is 1. The third-order valence-corrected chi connectivity index (χ3v) is 6.91. The Morgan fingerprint density at radius 3 is 2.44 bits per heavy atom. The normalized spacial score (nSPS) is 12.1. The molecule has 0 radical (unpaired) electrons. The first-order chi connectivity index (χ1) is 15.5. The van der Waals surface area contributed by atoms with Crippen LogP contribution in [-0.4, -0.2) is 21.1 Å². The van der Waals surface area contributed by atoms with Crippen LogP contribution >= 0.6 is 27.7 Å². The molecule has 0 N–H and O–H groups in total. The van der Waals surface area contributed by atoms with Crippen LogP contribution in [0, 0.1) is 0 Å². The SMILES string of the molecule is C[C@H](c1ccccc1)n1c(SCCCC(=O)c2ccccc2)nc2ccc(Br)cc2c1=O. The summed E-state index contributed by atoms with van der Waals surface area (Å²) in [4.78, 5) is 30.7. The second-order valence-corrected chi connectivity index (χ2v) is 9.54. The average Bonchev–Trinajstić information content (AvgIpc) is 2.83. The molecule has 0 spiro atoms. The van der Waals surface area contributed by atoms with Crippen LogP contribution in [-0.2, 0) is 0 Å². The van der Waals surface area contributed by atoms with Crippen LogP contribution in [0.2, 0.25) is 0 Å². The number of nitrogens with zero attached hydrogens (tertiary/aromatic N) is 2. The highest BCUT2D eigenvalue weighted by Gasteiger charge is 2.18. The van der Waals surface area contributed by atoms with E-state index in [2.05, 4.69) is 15.9 Å². The lowest BCUT2D eigenvalue weighted by molar-refractivity contribution is 0.0982. The third-order valence-electron chi connectivity index (χ3n) is 5.37. The number of hydrogen-bond acceptors (Lipinski definition) is 4. The minimum atomic E-state index is -0.159. The number of thioether (sulfide) groups is 1. The summed E-state index contributed by atoms with van der Waals surface area (Å²) in [5, 5.41) is 1.26. The highest BCUT2D eigenvalue weighted by molar-refractivity contribution is 9.10. The van der Waals surface area contributed by atoms with Crippen molar-refractivity contribution in [2.45, 2.75) is 31.0 Å². The zero-order chi connectivity index (χ0) is 22.5. The van der Waals surface area contributed by atoms with Gasteiger partial charge in [0.2, 0.25) is 0 Å². The lowest BCUT2D eigenvalue weighted by Gasteiger charge is -2.20. The van der Waals surface area contributed by atoms with E-state index >= 15 is 0 Å². The van der Waals surface area contributed by atoms with Gasteiger partial charge in [-0.2, -0.15) is 0 Å². The van der Waals surface area contributed by atoms with Crippen molar-refractivity contribution < 1.29 is 4.79 Å². The summed E-state index contributed by atoms with van der Waals surface area (Å²) in [6.07, 6.45) is 1.18. The molecule has 0 bridgehead atoms. The maximum absolute atomic E-state index is 13.5. The van der Waals surface area contributed by atoms with Gasteiger partial charge < -0.3 is 0 Å². The van der Waals surface area contributed by atoms with Crippen molar-refractivity contribution in [1.29, 1.82) is 0 Å². The first-order valence-corrected chi connectivity index (χ1v) is 12.3. The molecule has 32 heavy (non-hydrogen) atoms. The van der Waals surface area contributed by atoms with Gasteiger partial charge in [-0.3, -0.25) is 14.2 Å². The number of Topliss-reactive ketones (excluding diaryl/α,β-unsaturated/α-hetero) is 1. The van der Waals surface area contributed by atoms with Gasteiger partial charge >= 0.3 is 0 Å². The van der Waals surface area contributed by atoms with E-state index in [0.717, 1.165) is 15.6 Å². The number of ketones is 1. The summed E-state index contributed by atoms with van der Waals surface area (Å²) < 4.78 is 2.62. The molecule has 0 aliphatic rings. The number of carbonyl (C=O) groups is 1. The van der Waals surface area contributed by atoms with Gasteiger partial charge in [0.25, 0.3) is 5.56 Å². The minimum Gasteiger partial charge on any atom is -0.294 e. The Labute approximate surface area is 199 Å². The van der Waals surface area contributed by atoms with E-state index in [9.17, 15) is 9.59 Å². The molecule has 4 nitrogen and oxygen atoms in total. The van der Waals surface area contributed by atoms with Gasteiger partial charge in [0.15, 0.2) is 10.9 Å². The molecule has 1 atom stereocenters. The molecule has 4 aromatic rings. The fraction of sp³-hybridized carbons (Fsp3) is 0.192. The highest BCUT2D eigenvalue weighted by Crippen LogP contribution is 2.26. The lowest BCUT2D eigenvalue weighted by atomic mass is 10.1. The van der Waals surface area contributed by atoms with Crippen LogP contribution in [0.4, 0.5) is 0 Å². The summed E-state index contributed by atoms with van der Waals surface area (Å²) in [5.41, 5.74) is 2.40. The molecule has 1 heterocycles. The van der Waals surface area contributed by atoms with Crippen molar-refractivity contribution in [3.05, 3.63) is 105 Å². The Hall–Kier alpha value is -2.70. The zero-order valence-corrected chi connectivity index (χ0v) is 20.1. The van der Waals surface area contributed by atoms with Crippen molar-refractivity contribution in [3.8, 4) is 0 Å². The minimum absolute atomic E-state index is 0.0597. The smallest absolute Gasteiger partial charge is 0.262 e. The monoisotopic (exact) mass is 506 g/mol. The van der Waals surface area contributed by atoms with Crippen molar-refractivity contribution in [2.24, 2.45) is 0 Å². The molecule has 1 aromatic heterocycles. The summed E-state index contributed by atoms with van der Waals surface area (Å²) >= 11 is 4.99. The molecule has 0 unspecified atom stereocenters. The molecule has 6 heteroatoms. The molecule has 0 saturated carbocycles. The first kappa shape index (κ1) is 22.5. The third kappa shape index (κ3) is 5.03. The number of fused-ring (bicyclic) bond motifs is 1. The number of hydrogen-bond donors (Lipinski definition) is 0. The van der Waals surface area contributed by atoms with Crippen LogP contribution in [0.1, 0.15) is 41.7 Å². The summed E-state index contributed by atoms with van der Waals surface area (Å²) in [7, 11) is 0. The van der Waals surface area contributed by atoms with E-state index in [1.807, 2.05) is 85.8 Å². The maximum Gasteiger partial charge on any atom is 0.262 e. The second-order valence-electron chi connectivity index (χ2n) is 7.56. The first-order valence-electron chi connectivity index (χ1n) is 10.5. The maximum atomic E-state index is 13.5. The zero-order valence-electron chi connectivity index (χ0n) is 17.7. The van der Waals surface area contributed by atoms with Crippen molar-refractivity contribution in [3.63, 3.8) is 0 Å². The fourth-order valence-electron chi connectivity index (χ4n) is 3.64. The van der Waals surface area contributed by atoms with Gasteiger partial charge in [0.1, 0.15) is 0 Å². The van der Waals surface area contributed by atoms with Gasteiger partial charge in [-0.25, -0.2) is 4.98 Å². The molecule has 162 valence electrons. The topological polar surface area (TPSA) is 52.0 Å². The Morgan fingerprint density at radius 2 is 1.72 bits per heavy atom. The number of benzene rings is 3. The number of rotatable bonds is 8. The predicted octanol–water partition coefficient (Wildman–Crippen LogP) is 6.52. The predicted molar refractivity (Wildman–Crippen MR) is 135 cm³/mol. The van der Waals surface area contributed by atoms with Crippen LogP contribution < -0.4 is 5.56 Å². The molecule has 3 aromatic carbocycles. The number of aromatic nitrogens is 2. The second kappa shape index (κ2) is 10.3. The van der Waals surface area contributed by atoms with E-state index < -0.39 is 0 Å². The highest BCUT2D eigenvalue weighted by atomic mass is 79.9. The van der Waals surface area contributed by atoms with E-state index in [-0.39, 0.29) is 17.4 Å². The molecule has 0 fully saturated rings. The van der Waals surface area contributed by atoms with Crippen LogP contribution in [0.25, 0.3) is 10.9 Å². The summed E-state index contributed by atoms with van der Waals surface area (Å²) in [5.74, 6) is 0.840. The molecule has 0 saturated heterocycles. The molecule has 4 rings (SSSR count). The fourth-order valence-corrected chi connectivity index (χ4v) is 5.01. The van der Waals surface area contributed by atoms with Crippen molar-refractivity contribution >= 4 is 44.4 Å². The van der Waals surface area contributed by atoms with E-state index in [1.54, 1.807) is 4.57 Å². The van der Waals surface area contributed by atoms with Gasteiger partial charge in [-0.05, 0) is 37.1 Å². The van der Waals surface area contributed by atoms with Gasteiger partial charge in [0, 0.05) is 22.2 Å². The van der Waals surface area contributed by atoms with Crippen LogP contribution in [0.3, 0.4) is 0 Å². The standard InChI is InChI=1S/C26H23BrN2O2S/c1-18(19-9-4-2-5-10-19)29-25(31)22-17-21(27)14-15-23(22)28-26(29)32-16-8-13-24(30)20-11-6-3-7-12-20/h2-7,9-12,14-15,17-18H,8,13,16H2,1H3/t18-/m1/s1. The molecular formula is C26H23BrN2O2S. The van der Waals surface area contributed by atoms with E-state index in [0.29, 0.717) is 34.7 Å². The molecule has 0 amide bonds. The lowest BCUT2D eigenvalue weighted by Crippen LogP contribution is -2.27. The molecular weight excluding hydrogens is 484 g/mol. The Balaban J connectivity index is 1.60. The van der Waals surface area contributed by atoms with Crippen LogP contribution in [0.15, 0.2) is 93.3 Å². The summed E-state index contributed by atoms with van der Waals surface area (Å²) in [6.45, 7) is 2.02.